The van der Waals surface area contributed by atoms with Gasteiger partial charge in [-0.05, 0) is 43.0 Å². The minimum absolute atomic E-state index is 0.0896. The SMILES string of the molecule is CCc1ccc(Oc2ccc([N+](=O)[O-])cc2S(=O)(=O)N2CCCC2)cc1. The van der Waals surface area contributed by atoms with Gasteiger partial charge in [-0.2, -0.15) is 4.31 Å². The van der Waals surface area contributed by atoms with Gasteiger partial charge in [-0.15, -0.1) is 0 Å². The summed E-state index contributed by atoms with van der Waals surface area (Å²) in [5.74, 6) is 0.570. The summed E-state index contributed by atoms with van der Waals surface area (Å²) in [5.41, 5.74) is 0.849. The maximum absolute atomic E-state index is 12.9. The highest BCUT2D eigenvalue weighted by molar-refractivity contribution is 7.89. The smallest absolute Gasteiger partial charge is 0.271 e. The van der Waals surface area contributed by atoms with Crippen LogP contribution in [0.25, 0.3) is 0 Å². The summed E-state index contributed by atoms with van der Waals surface area (Å²) in [6.45, 7) is 2.86. The molecule has 0 N–H and O–H groups in total. The largest absolute Gasteiger partial charge is 0.456 e. The summed E-state index contributed by atoms with van der Waals surface area (Å²) in [4.78, 5) is 10.3. The first-order valence-electron chi connectivity index (χ1n) is 8.47. The summed E-state index contributed by atoms with van der Waals surface area (Å²) in [6.07, 6.45) is 2.44. The molecule has 0 spiro atoms. The molecule has 1 heterocycles. The van der Waals surface area contributed by atoms with Gasteiger partial charge in [0.2, 0.25) is 10.0 Å². The first kappa shape index (κ1) is 18.3. The number of ether oxygens (including phenoxy) is 1. The Morgan fingerprint density at radius 2 is 1.77 bits per heavy atom. The molecule has 26 heavy (non-hydrogen) atoms. The molecule has 2 aromatic rings. The van der Waals surface area contributed by atoms with Gasteiger partial charge in [-0.3, -0.25) is 10.1 Å². The highest BCUT2D eigenvalue weighted by Gasteiger charge is 2.31. The van der Waals surface area contributed by atoms with E-state index in [0.29, 0.717) is 18.8 Å². The zero-order chi connectivity index (χ0) is 18.7. The Bertz CT molecular complexity index is 904. The second kappa shape index (κ2) is 7.43. The summed E-state index contributed by atoms with van der Waals surface area (Å²) in [7, 11) is -3.85. The van der Waals surface area contributed by atoms with Crippen molar-refractivity contribution in [1.29, 1.82) is 0 Å². The normalized spacial score (nSPS) is 15.1. The number of sulfonamides is 1. The average molecular weight is 376 g/mol. The zero-order valence-corrected chi connectivity index (χ0v) is 15.2. The molecule has 8 heteroatoms. The minimum Gasteiger partial charge on any atom is -0.456 e. The van der Waals surface area contributed by atoms with Gasteiger partial charge >= 0.3 is 0 Å². The highest BCUT2D eigenvalue weighted by Crippen LogP contribution is 2.35. The summed E-state index contributed by atoms with van der Waals surface area (Å²) < 4.78 is 33.0. The first-order chi connectivity index (χ1) is 12.4. The lowest BCUT2D eigenvalue weighted by molar-refractivity contribution is -0.385. The van der Waals surface area contributed by atoms with Crippen molar-refractivity contribution in [2.24, 2.45) is 0 Å². The van der Waals surface area contributed by atoms with Crippen LogP contribution in [-0.2, 0) is 16.4 Å². The van der Waals surface area contributed by atoms with Crippen LogP contribution in [0.15, 0.2) is 47.4 Å². The average Bonchev–Trinajstić information content (AvgIpc) is 3.18. The molecule has 138 valence electrons. The van der Waals surface area contributed by atoms with E-state index in [9.17, 15) is 18.5 Å². The Balaban J connectivity index is 2.02. The van der Waals surface area contributed by atoms with E-state index >= 15 is 0 Å². The van der Waals surface area contributed by atoms with E-state index in [0.717, 1.165) is 30.9 Å². The standard InChI is InChI=1S/C18H20N2O5S/c1-2-14-5-8-16(9-6-14)25-17-10-7-15(20(21)22)13-18(17)26(23,24)19-11-3-4-12-19/h5-10,13H,2-4,11-12H2,1H3. The molecule has 0 radical (unpaired) electrons. The van der Waals surface area contributed by atoms with E-state index < -0.39 is 14.9 Å². The van der Waals surface area contributed by atoms with E-state index in [2.05, 4.69) is 0 Å². The minimum atomic E-state index is -3.85. The fourth-order valence-electron chi connectivity index (χ4n) is 2.88. The van der Waals surface area contributed by atoms with E-state index in [1.807, 2.05) is 19.1 Å². The van der Waals surface area contributed by atoms with Crippen LogP contribution in [0.3, 0.4) is 0 Å². The second-order valence-corrected chi connectivity index (χ2v) is 8.01. The lowest BCUT2D eigenvalue weighted by atomic mass is 10.2. The predicted octanol–water partition coefficient (Wildman–Crippen LogP) is 3.73. The molecule has 0 unspecified atom stereocenters. The lowest BCUT2D eigenvalue weighted by Gasteiger charge is -2.18. The molecule has 0 atom stereocenters. The molecule has 1 aliphatic rings. The van der Waals surface area contributed by atoms with Crippen LogP contribution in [0.1, 0.15) is 25.3 Å². The van der Waals surface area contributed by atoms with Crippen molar-refractivity contribution in [3.8, 4) is 11.5 Å². The number of benzene rings is 2. The van der Waals surface area contributed by atoms with Crippen LogP contribution in [0.2, 0.25) is 0 Å². The highest BCUT2D eigenvalue weighted by atomic mass is 32.2. The monoisotopic (exact) mass is 376 g/mol. The maximum atomic E-state index is 12.9. The number of rotatable bonds is 6. The van der Waals surface area contributed by atoms with Crippen molar-refractivity contribution in [1.82, 2.24) is 4.31 Å². The molecule has 3 rings (SSSR count). The van der Waals surface area contributed by atoms with Crippen molar-refractivity contribution < 1.29 is 18.1 Å². The van der Waals surface area contributed by atoms with Gasteiger partial charge < -0.3 is 4.74 Å². The summed E-state index contributed by atoms with van der Waals surface area (Å²) >= 11 is 0. The molecule has 1 fully saturated rings. The van der Waals surface area contributed by atoms with Crippen LogP contribution >= 0.6 is 0 Å². The molecule has 1 aliphatic heterocycles. The molecule has 2 aromatic carbocycles. The van der Waals surface area contributed by atoms with Crippen LogP contribution < -0.4 is 4.74 Å². The molecular formula is C18H20N2O5S. The molecule has 7 nitrogen and oxygen atoms in total. The third-order valence-corrected chi connectivity index (χ3v) is 6.30. The van der Waals surface area contributed by atoms with Gasteiger partial charge in [0.1, 0.15) is 16.4 Å². The topological polar surface area (TPSA) is 89.7 Å². The first-order valence-corrected chi connectivity index (χ1v) is 9.91. The number of non-ortho nitro benzene ring substituents is 1. The maximum Gasteiger partial charge on any atom is 0.271 e. The van der Waals surface area contributed by atoms with Crippen LogP contribution in [-0.4, -0.2) is 30.7 Å². The number of nitrogens with zero attached hydrogens (tertiary/aromatic N) is 2. The Hall–Kier alpha value is -2.45. The third kappa shape index (κ3) is 3.71. The quantitative estimate of drug-likeness (QED) is 0.566. The molecule has 0 aromatic heterocycles. The number of nitro groups is 1. The van der Waals surface area contributed by atoms with E-state index in [1.165, 1.54) is 16.4 Å². The van der Waals surface area contributed by atoms with Crippen LogP contribution in [0.4, 0.5) is 5.69 Å². The third-order valence-electron chi connectivity index (χ3n) is 4.38. The van der Waals surface area contributed by atoms with Crippen molar-refractivity contribution in [2.75, 3.05) is 13.1 Å². The predicted molar refractivity (Wildman–Crippen MR) is 97.0 cm³/mol. The summed E-state index contributed by atoms with van der Waals surface area (Å²) in [5, 5.41) is 11.1. The van der Waals surface area contributed by atoms with Gasteiger partial charge in [0.25, 0.3) is 5.69 Å². The van der Waals surface area contributed by atoms with Crippen molar-refractivity contribution in [3.05, 3.63) is 58.1 Å². The molecular weight excluding hydrogens is 356 g/mol. The fraction of sp³-hybridized carbons (Fsp3) is 0.333. The Labute approximate surface area is 152 Å². The number of hydrogen-bond donors (Lipinski definition) is 0. The van der Waals surface area contributed by atoms with E-state index in [-0.39, 0.29) is 16.3 Å². The van der Waals surface area contributed by atoms with Gasteiger partial charge in [0, 0.05) is 25.2 Å². The molecule has 1 saturated heterocycles. The van der Waals surface area contributed by atoms with Gasteiger partial charge in [0.15, 0.2) is 0 Å². The Morgan fingerprint density at radius 1 is 1.12 bits per heavy atom. The molecule has 0 bridgehead atoms. The van der Waals surface area contributed by atoms with Crippen LogP contribution in [0, 0.1) is 10.1 Å². The van der Waals surface area contributed by atoms with E-state index in [1.54, 1.807) is 12.1 Å². The zero-order valence-electron chi connectivity index (χ0n) is 14.4. The molecule has 0 saturated carbocycles. The van der Waals surface area contributed by atoms with Crippen molar-refractivity contribution >= 4 is 15.7 Å². The molecule has 0 amide bonds. The Kier molecular flexibility index (Phi) is 5.24. The molecule has 0 aliphatic carbocycles. The van der Waals surface area contributed by atoms with Gasteiger partial charge in [-0.25, -0.2) is 8.42 Å². The Morgan fingerprint density at radius 3 is 2.35 bits per heavy atom. The lowest BCUT2D eigenvalue weighted by Crippen LogP contribution is -2.28. The number of aryl methyl sites for hydroxylation is 1. The van der Waals surface area contributed by atoms with Crippen molar-refractivity contribution in [2.45, 2.75) is 31.1 Å². The van der Waals surface area contributed by atoms with Crippen LogP contribution in [0.5, 0.6) is 11.5 Å². The van der Waals surface area contributed by atoms with Gasteiger partial charge in [0.05, 0.1) is 4.92 Å². The second-order valence-electron chi connectivity index (χ2n) is 6.10. The number of nitro benzene ring substituents is 1. The van der Waals surface area contributed by atoms with E-state index in [4.69, 9.17) is 4.74 Å². The fourth-order valence-corrected chi connectivity index (χ4v) is 4.53. The number of hydrogen-bond acceptors (Lipinski definition) is 5. The van der Waals surface area contributed by atoms with Gasteiger partial charge in [-0.1, -0.05) is 19.1 Å². The summed E-state index contributed by atoms with van der Waals surface area (Å²) in [6, 6.07) is 11.0. The van der Waals surface area contributed by atoms with Crippen molar-refractivity contribution in [3.63, 3.8) is 0 Å².